The molecule has 2 aromatic carbocycles. The molecule has 3 unspecified atom stereocenters. The molecule has 0 aromatic heterocycles. The van der Waals surface area contributed by atoms with Crippen LogP contribution in [0.2, 0.25) is 0 Å². The summed E-state index contributed by atoms with van der Waals surface area (Å²) in [7, 11) is 0. The van der Waals surface area contributed by atoms with Gasteiger partial charge in [-0.15, -0.1) is 0 Å². The highest BCUT2D eigenvalue weighted by Crippen LogP contribution is 2.33. The second-order valence-electron chi connectivity index (χ2n) is 8.54. The van der Waals surface area contributed by atoms with Gasteiger partial charge in [-0.05, 0) is 60.9 Å². The number of hydroxylamine groups is 1. The van der Waals surface area contributed by atoms with Gasteiger partial charge in [-0.2, -0.15) is 0 Å². The van der Waals surface area contributed by atoms with Crippen LogP contribution in [0.1, 0.15) is 36.1 Å². The molecular formula is C27H29NO6. The SMILES string of the molecule is CC(=CC1CCc2c(cccc2OCC(=O)O)C1)NOC(c1ccccc1)C1OCC=CC1=O. The Hall–Kier alpha value is -3.42. The van der Waals surface area contributed by atoms with Crippen molar-refractivity contribution in [2.24, 2.45) is 5.92 Å². The molecule has 7 nitrogen and oxygen atoms in total. The van der Waals surface area contributed by atoms with E-state index in [4.69, 9.17) is 19.4 Å². The molecular weight excluding hydrogens is 434 g/mol. The van der Waals surface area contributed by atoms with E-state index in [0.29, 0.717) is 18.3 Å². The van der Waals surface area contributed by atoms with Gasteiger partial charge in [0.1, 0.15) is 11.9 Å². The standard InChI is InChI=1S/C27H29NO6/c1-18(15-19-12-13-22-21(16-19)9-5-11-24(22)33-17-25(30)31)28-34-26(20-7-3-2-4-8-20)27-23(29)10-6-14-32-27/h2-11,15,19,26-28H,12-14,16-17H2,1H3,(H,30,31). The monoisotopic (exact) mass is 463 g/mol. The third-order valence-corrected chi connectivity index (χ3v) is 6.00. The van der Waals surface area contributed by atoms with Crippen LogP contribution < -0.4 is 10.2 Å². The number of ketones is 1. The zero-order valence-electron chi connectivity index (χ0n) is 19.1. The molecule has 0 saturated carbocycles. The van der Waals surface area contributed by atoms with E-state index in [1.807, 2.05) is 49.4 Å². The van der Waals surface area contributed by atoms with Crippen LogP contribution in [0.25, 0.3) is 0 Å². The predicted octanol–water partition coefficient (Wildman–Crippen LogP) is 3.95. The van der Waals surface area contributed by atoms with Gasteiger partial charge in [-0.25, -0.2) is 4.79 Å². The van der Waals surface area contributed by atoms with Gasteiger partial charge in [-0.3, -0.25) is 15.1 Å². The van der Waals surface area contributed by atoms with Gasteiger partial charge in [0.25, 0.3) is 0 Å². The molecule has 0 amide bonds. The van der Waals surface area contributed by atoms with Gasteiger partial charge >= 0.3 is 5.97 Å². The average Bonchev–Trinajstić information content (AvgIpc) is 2.84. The maximum absolute atomic E-state index is 12.4. The van der Waals surface area contributed by atoms with Crippen molar-refractivity contribution in [2.75, 3.05) is 13.2 Å². The first kappa shape index (κ1) is 23.7. The number of carboxylic acid groups (broad SMARTS) is 1. The molecule has 0 bridgehead atoms. The predicted molar refractivity (Wildman–Crippen MR) is 126 cm³/mol. The first-order valence-corrected chi connectivity index (χ1v) is 11.4. The fourth-order valence-electron chi connectivity index (χ4n) is 4.45. The minimum atomic E-state index is -0.985. The molecule has 0 radical (unpaired) electrons. The lowest BCUT2D eigenvalue weighted by Gasteiger charge is -2.28. The molecule has 2 N–H and O–H groups in total. The first-order chi connectivity index (χ1) is 16.5. The number of carbonyl (C=O) groups excluding carboxylic acids is 1. The number of nitrogens with one attached hydrogen (secondary N) is 1. The fourth-order valence-corrected chi connectivity index (χ4v) is 4.45. The lowest BCUT2D eigenvalue weighted by atomic mass is 9.83. The largest absolute Gasteiger partial charge is 0.482 e. The lowest BCUT2D eigenvalue weighted by Crippen LogP contribution is -2.36. The fraction of sp³-hybridized carbons (Fsp3) is 0.333. The van der Waals surface area contributed by atoms with Gasteiger partial charge in [0.2, 0.25) is 0 Å². The number of hydrogen-bond acceptors (Lipinski definition) is 6. The van der Waals surface area contributed by atoms with Crippen molar-refractivity contribution in [3.8, 4) is 5.75 Å². The smallest absolute Gasteiger partial charge is 0.341 e. The van der Waals surface area contributed by atoms with E-state index in [0.717, 1.165) is 36.1 Å². The molecule has 2 aromatic rings. The van der Waals surface area contributed by atoms with Crippen LogP contribution in [-0.2, 0) is 32.0 Å². The Balaban J connectivity index is 1.42. The summed E-state index contributed by atoms with van der Waals surface area (Å²) in [6, 6.07) is 15.4. The molecule has 0 saturated heterocycles. The van der Waals surface area contributed by atoms with E-state index in [2.05, 4.69) is 17.6 Å². The van der Waals surface area contributed by atoms with Crippen molar-refractivity contribution >= 4 is 11.8 Å². The van der Waals surface area contributed by atoms with Crippen molar-refractivity contribution in [3.63, 3.8) is 0 Å². The summed E-state index contributed by atoms with van der Waals surface area (Å²) in [5.74, 6) is -0.157. The topological polar surface area (TPSA) is 94.1 Å². The van der Waals surface area contributed by atoms with Crippen LogP contribution in [0.15, 0.2) is 72.5 Å². The van der Waals surface area contributed by atoms with Crippen molar-refractivity contribution in [1.82, 2.24) is 5.48 Å². The summed E-state index contributed by atoms with van der Waals surface area (Å²) in [6.45, 7) is 1.97. The average molecular weight is 464 g/mol. The third-order valence-electron chi connectivity index (χ3n) is 6.00. The zero-order chi connectivity index (χ0) is 23.9. The molecule has 34 heavy (non-hydrogen) atoms. The van der Waals surface area contributed by atoms with Gasteiger partial charge in [0, 0.05) is 5.70 Å². The molecule has 1 aliphatic heterocycles. The number of fused-ring (bicyclic) bond motifs is 1. The van der Waals surface area contributed by atoms with Crippen LogP contribution in [0.4, 0.5) is 0 Å². The second-order valence-corrected chi connectivity index (χ2v) is 8.54. The Morgan fingerprint density at radius 2 is 2.06 bits per heavy atom. The number of hydrogen-bond donors (Lipinski definition) is 2. The first-order valence-electron chi connectivity index (χ1n) is 11.4. The highest BCUT2D eigenvalue weighted by molar-refractivity contribution is 5.94. The Bertz CT molecular complexity index is 1080. The summed E-state index contributed by atoms with van der Waals surface area (Å²) in [6.07, 6.45) is 6.65. The van der Waals surface area contributed by atoms with Crippen molar-refractivity contribution < 1.29 is 29.0 Å². The molecule has 1 aliphatic carbocycles. The number of benzene rings is 2. The quantitative estimate of drug-likeness (QED) is 0.544. The normalized spacial score (nSPS) is 21.0. The molecule has 7 heteroatoms. The molecule has 0 fully saturated rings. The lowest BCUT2D eigenvalue weighted by molar-refractivity contribution is -0.145. The van der Waals surface area contributed by atoms with Crippen molar-refractivity contribution in [1.29, 1.82) is 0 Å². The highest BCUT2D eigenvalue weighted by Gasteiger charge is 2.32. The van der Waals surface area contributed by atoms with Gasteiger partial charge in [-0.1, -0.05) is 54.6 Å². The van der Waals surface area contributed by atoms with E-state index in [-0.39, 0.29) is 12.4 Å². The van der Waals surface area contributed by atoms with Gasteiger partial charge in [0.15, 0.2) is 18.5 Å². The number of aliphatic carboxylic acids is 1. The van der Waals surface area contributed by atoms with Gasteiger partial charge in [0.05, 0.1) is 6.61 Å². The highest BCUT2D eigenvalue weighted by atomic mass is 16.7. The number of ether oxygens (including phenoxy) is 2. The van der Waals surface area contributed by atoms with E-state index >= 15 is 0 Å². The molecule has 178 valence electrons. The Labute approximate surface area is 199 Å². The summed E-state index contributed by atoms with van der Waals surface area (Å²) < 4.78 is 11.2. The van der Waals surface area contributed by atoms with Gasteiger partial charge < -0.3 is 14.6 Å². The molecule has 1 heterocycles. The summed E-state index contributed by atoms with van der Waals surface area (Å²) in [5.41, 5.74) is 6.99. The van der Waals surface area contributed by atoms with Crippen LogP contribution in [-0.4, -0.2) is 36.2 Å². The van der Waals surface area contributed by atoms with E-state index in [1.54, 1.807) is 12.2 Å². The summed E-state index contributed by atoms with van der Waals surface area (Å²) in [5, 5.41) is 8.90. The van der Waals surface area contributed by atoms with E-state index in [9.17, 15) is 9.59 Å². The molecule has 2 aliphatic rings. The van der Waals surface area contributed by atoms with E-state index < -0.39 is 18.2 Å². The number of carboxylic acids is 1. The minimum Gasteiger partial charge on any atom is -0.482 e. The number of rotatable bonds is 9. The summed E-state index contributed by atoms with van der Waals surface area (Å²) >= 11 is 0. The Morgan fingerprint density at radius 1 is 1.24 bits per heavy atom. The van der Waals surface area contributed by atoms with Crippen LogP contribution >= 0.6 is 0 Å². The van der Waals surface area contributed by atoms with E-state index in [1.165, 1.54) is 5.56 Å². The molecule has 4 rings (SSSR count). The number of carbonyl (C=O) groups is 2. The van der Waals surface area contributed by atoms with Crippen LogP contribution in [0.3, 0.4) is 0 Å². The van der Waals surface area contributed by atoms with Crippen LogP contribution in [0, 0.1) is 5.92 Å². The Morgan fingerprint density at radius 3 is 2.82 bits per heavy atom. The molecule has 3 atom stereocenters. The maximum atomic E-state index is 12.4. The summed E-state index contributed by atoms with van der Waals surface area (Å²) in [4.78, 5) is 29.3. The van der Waals surface area contributed by atoms with Crippen molar-refractivity contribution in [2.45, 2.75) is 38.4 Å². The molecule has 0 spiro atoms. The van der Waals surface area contributed by atoms with Crippen molar-refractivity contribution in [3.05, 3.63) is 89.1 Å². The van der Waals surface area contributed by atoms with Crippen LogP contribution in [0.5, 0.6) is 5.75 Å². The minimum absolute atomic E-state index is 0.117. The number of allylic oxidation sites excluding steroid dienone is 2. The zero-order valence-corrected chi connectivity index (χ0v) is 19.1. The Kier molecular flexibility index (Phi) is 7.77. The second kappa shape index (κ2) is 11.1. The maximum Gasteiger partial charge on any atom is 0.341 e. The third kappa shape index (κ3) is 5.92.